The zero-order valence-electron chi connectivity index (χ0n) is 15.1. The molecule has 0 saturated heterocycles. The van der Waals surface area contributed by atoms with E-state index in [1.54, 1.807) is 0 Å². The van der Waals surface area contributed by atoms with Crippen LogP contribution in [0.4, 0.5) is 24.5 Å². The molecule has 1 amide bonds. The number of hydrogen-bond donors (Lipinski definition) is 1. The predicted octanol–water partition coefficient (Wildman–Crippen LogP) is 5.20. The minimum atomic E-state index is -4.69. The number of alkyl halides is 3. The standard InChI is InChI=1S/C18H17Cl2F3N2O3S/c1-29(27,28)25(14-7-4-12(19)5-8-14)10-2-3-17(26)24-16-9-6-13(20)11-15(16)18(21,22)23/h4-9,11H,2-3,10H2,1H3,(H,24,26). The first-order valence-corrected chi connectivity index (χ1v) is 10.9. The van der Waals surface area contributed by atoms with Crippen LogP contribution in [0.2, 0.25) is 10.0 Å². The quantitative estimate of drug-likeness (QED) is 0.607. The molecule has 0 spiro atoms. The molecule has 0 bridgehead atoms. The third kappa shape index (κ3) is 6.80. The minimum absolute atomic E-state index is 0.0272. The number of sulfonamides is 1. The van der Waals surface area contributed by atoms with E-state index in [9.17, 15) is 26.4 Å². The number of amides is 1. The summed E-state index contributed by atoms with van der Waals surface area (Å²) < 4.78 is 64.4. The smallest absolute Gasteiger partial charge is 0.326 e. The fourth-order valence-electron chi connectivity index (χ4n) is 2.55. The van der Waals surface area contributed by atoms with Crippen LogP contribution in [-0.2, 0) is 21.0 Å². The van der Waals surface area contributed by atoms with Gasteiger partial charge >= 0.3 is 6.18 Å². The molecule has 0 aliphatic rings. The zero-order valence-corrected chi connectivity index (χ0v) is 17.5. The van der Waals surface area contributed by atoms with Gasteiger partial charge < -0.3 is 5.32 Å². The predicted molar refractivity (Wildman–Crippen MR) is 108 cm³/mol. The number of halogens is 5. The summed E-state index contributed by atoms with van der Waals surface area (Å²) in [4.78, 5) is 12.1. The topological polar surface area (TPSA) is 66.5 Å². The van der Waals surface area contributed by atoms with E-state index in [-0.39, 0.29) is 24.4 Å². The van der Waals surface area contributed by atoms with Crippen molar-refractivity contribution in [2.75, 3.05) is 22.4 Å². The van der Waals surface area contributed by atoms with Gasteiger partial charge in [0.05, 0.1) is 23.2 Å². The van der Waals surface area contributed by atoms with Gasteiger partial charge in [-0.05, 0) is 48.9 Å². The maximum Gasteiger partial charge on any atom is 0.418 e. The van der Waals surface area contributed by atoms with Crippen molar-refractivity contribution in [3.63, 3.8) is 0 Å². The Bertz CT molecular complexity index is 981. The average molecular weight is 469 g/mol. The van der Waals surface area contributed by atoms with Crippen LogP contribution >= 0.6 is 23.2 Å². The monoisotopic (exact) mass is 468 g/mol. The van der Waals surface area contributed by atoms with Crippen molar-refractivity contribution < 1.29 is 26.4 Å². The Morgan fingerprint density at radius 3 is 2.21 bits per heavy atom. The van der Waals surface area contributed by atoms with Crippen LogP contribution in [0.15, 0.2) is 42.5 Å². The SMILES string of the molecule is CS(=O)(=O)N(CCCC(=O)Nc1ccc(Cl)cc1C(F)(F)F)c1ccc(Cl)cc1. The van der Waals surface area contributed by atoms with Crippen molar-refractivity contribution in [1.82, 2.24) is 0 Å². The molecule has 0 unspecified atom stereocenters. The van der Waals surface area contributed by atoms with E-state index in [4.69, 9.17) is 23.2 Å². The largest absolute Gasteiger partial charge is 0.418 e. The molecular weight excluding hydrogens is 452 g/mol. The number of nitrogens with one attached hydrogen (secondary N) is 1. The van der Waals surface area contributed by atoms with Gasteiger partial charge in [0, 0.05) is 23.0 Å². The Morgan fingerprint density at radius 2 is 1.66 bits per heavy atom. The molecule has 2 aromatic carbocycles. The highest BCUT2D eigenvalue weighted by Crippen LogP contribution is 2.36. The Kier molecular flexibility index (Phi) is 7.42. The van der Waals surface area contributed by atoms with Crippen LogP contribution in [0.5, 0.6) is 0 Å². The molecule has 2 aromatic rings. The van der Waals surface area contributed by atoms with Crippen molar-refractivity contribution in [3.05, 3.63) is 58.1 Å². The molecule has 158 valence electrons. The highest BCUT2D eigenvalue weighted by atomic mass is 35.5. The molecule has 2 rings (SSSR count). The van der Waals surface area contributed by atoms with Crippen LogP contribution < -0.4 is 9.62 Å². The van der Waals surface area contributed by atoms with Gasteiger partial charge in [0.25, 0.3) is 0 Å². The van der Waals surface area contributed by atoms with Crippen molar-refractivity contribution in [1.29, 1.82) is 0 Å². The van der Waals surface area contributed by atoms with Crippen LogP contribution in [0.1, 0.15) is 18.4 Å². The van der Waals surface area contributed by atoms with Gasteiger partial charge in [0.2, 0.25) is 15.9 Å². The van der Waals surface area contributed by atoms with Crippen LogP contribution in [0.25, 0.3) is 0 Å². The maximum atomic E-state index is 13.1. The first-order valence-electron chi connectivity index (χ1n) is 8.28. The zero-order chi connectivity index (χ0) is 21.8. The van der Waals surface area contributed by atoms with Gasteiger partial charge in [-0.15, -0.1) is 0 Å². The number of rotatable bonds is 7. The highest BCUT2D eigenvalue weighted by Gasteiger charge is 2.34. The fourth-order valence-corrected chi connectivity index (χ4v) is 3.81. The van der Waals surface area contributed by atoms with Crippen LogP contribution in [-0.4, -0.2) is 27.1 Å². The van der Waals surface area contributed by atoms with E-state index in [0.29, 0.717) is 10.7 Å². The summed E-state index contributed by atoms with van der Waals surface area (Å²) in [5, 5.41) is 2.53. The number of carbonyl (C=O) groups is 1. The number of benzene rings is 2. The molecule has 0 saturated carbocycles. The summed E-state index contributed by atoms with van der Waals surface area (Å²) in [6.07, 6.45) is -3.75. The molecule has 0 aliphatic carbocycles. The third-order valence-electron chi connectivity index (χ3n) is 3.84. The summed E-state index contributed by atoms with van der Waals surface area (Å²) in [7, 11) is -3.62. The van der Waals surface area contributed by atoms with Gasteiger partial charge in [-0.2, -0.15) is 13.2 Å². The van der Waals surface area contributed by atoms with E-state index in [1.807, 2.05) is 0 Å². The lowest BCUT2D eigenvalue weighted by Gasteiger charge is -2.22. The molecule has 0 aliphatic heterocycles. The molecule has 0 atom stereocenters. The number of nitrogens with zero attached hydrogens (tertiary/aromatic N) is 1. The molecule has 11 heteroatoms. The highest BCUT2D eigenvalue weighted by molar-refractivity contribution is 7.92. The first-order chi connectivity index (χ1) is 13.4. The van der Waals surface area contributed by atoms with E-state index in [1.165, 1.54) is 30.3 Å². The average Bonchev–Trinajstić information content (AvgIpc) is 2.59. The molecule has 5 nitrogen and oxygen atoms in total. The second-order valence-corrected chi connectivity index (χ2v) is 8.93. The summed E-state index contributed by atoms with van der Waals surface area (Å²) >= 11 is 11.4. The number of carbonyl (C=O) groups excluding carboxylic acids is 1. The van der Waals surface area contributed by atoms with Crippen molar-refractivity contribution in [3.8, 4) is 0 Å². The third-order valence-corrected chi connectivity index (χ3v) is 5.52. The number of anilines is 2. The lowest BCUT2D eigenvalue weighted by molar-refractivity contribution is -0.137. The van der Waals surface area contributed by atoms with E-state index >= 15 is 0 Å². The van der Waals surface area contributed by atoms with Crippen LogP contribution in [0.3, 0.4) is 0 Å². The Hall–Kier alpha value is -1.97. The van der Waals surface area contributed by atoms with Gasteiger partial charge in [-0.1, -0.05) is 23.2 Å². The minimum Gasteiger partial charge on any atom is -0.326 e. The first kappa shape index (κ1) is 23.3. The molecule has 0 fully saturated rings. The van der Waals surface area contributed by atoms with Crippen LogP contribution in [0, 0.1) is 0 Å². The summed E-state index contributed by atoms with van der Waals surface area (Å²) in [6, 6.07) is 9.13. The lowest BCUT2D eigenvalue weighted by atomic mass is 10.1. The Labute approximate surface area is 176 Å². The molecule has 0 heterocycles. The van der Waals surface area contributed by atoms with Gasteiger partial charge in [-0.25, -0.2) is 8.42 Å². The second-order valence-electron chi connectivity index (χ2n) is 6.15. The van der Waals surface area contributed by atoms with Crippen molar-refractivity contribution in [2.45, 2.75) is 19.0 Å². The maximum absolute atomic E-state index is 13.1. The second kappa shape index (κ2) is 9.23. The van der Waals surface area contributed by atoms with E-state index in [2.05, 4.69) is 5.32 Å². The van der Waals surface area contributed by atoms with Crippen molar-refractivity contribution >= 4 is 50.5 Å². The number of hydrogen-bond acceptors (Lipinski definition) is 3. The Balaban J connectivity index is 2.04. The van der Waals surface area contributed by atoms with E-state index < -0.39 is 33.4 Å². The normalized spacial score (nSPS) is 11.9. The lowest BCUT2D eigenvalue weighted by Crippen LogP contribution is -2.31. The molecule has 0 radical (unpaired) electrons. The van der Waals surface area contributed by atoms with Crippen molar-refractivity contribution in [2.24, 2.45) is 0 Å². The molecule has 1 N–H and O–H groups in total. The van der Waals surface area contributed by atoms with Gasteiger partial charge in [0.1, 0.15) is 0 Å². The summed E-state index contributed by atoms with van der Waals surface area (Å²) in [6.45, 7) is -0.0272. The summed E-state index contributed by atoms with van der Waals surface area (Å²) in [5.41, 5.74) is -1.10. The fraction of sp³-hybridized carbons (Fsp3) is 0.278. The van der Waals surface area contributed by atoms with Gasteiger partial charge in [0.15, 0.2) is 0 Å². The molecule has 0 aromatic heterocycles. The molecular formula is C18H17Cl2F3N2O3S. The summed E-state index contributed by atoms with van der Waals surface area (Å²) in [5.74, 6) is -0.678. The van der Waals surface area contributed by atoms with Gasteiger partial charge in [-0.3, -0.25) is 9.10 Å². The molecule has 29 heavy (non-hydrogen) atoms. The Morgan fingerprint density at radius 1 is 1.07 bits per heavy atom. The van der Waals surface area contributed by atoms with E-state index in [0.717, 1.165) is 22.7 Å².